The fourth-order valence-corrected chi connectivity index (χ4v) is 3.60. The molecule has 0 aliphatic carbocycles. The fourth-order valence-electron chi connectivity index (χ4n) is 2.38. The lowest BCUT2D eigenvalue weighted by Crippen LogP contribution is -2.12. The molecule has 0 spiro atoms. The maximum atomic E-state index is 12.3. The second-order valence-corrected chi connectivity index (χ2v) is 7.29. The van der Waals surface area contributed by atoms with E-state index < -0.39 is 5.97 Å². The number of rotatable bonds is 6. The first-order valence-corrected chi connectivity index (χ1v) is 9.84. The van der Waals surface area contributed by atoms with Crippen LogP contribution in [0.5, 0.6) is 11.5 Å². The Kier molecular flexibility index (Phi) is 6.22. The van der Waals surface area contributed by atoms with Gasteiger partial charge >= 0.3 is 5.97 Å². The molecule has 27 heavy (non-hydrogen) atoms. The van der Waals surface area contributed by atoms with E-state index in [2.05, 4.69) is 20.9 Å². The largest absolute Gasteiger partial charge is 0.490 e. The van der Waals surface area contributed by atoms with E-state index in [1.54, 1.807) is 18.2 Å². The minimum Gasteiger partial charge on any atom is -0.490 e. The van der Waals surface area contributed by atoms with Crippen LogP contribution in [0.15, 0.2) is 52.3 Å². The second kappa shape index (κ2) is 8.80. The molecule has 0 saturated heterocycles. The van der Waals surface area contributed by atoms with Crippen LogP contribution >= 0.6 is 27.3 Å². The number of hydrogen-bond acceptors (Lipinski definition) is 6. The third-order valence-corrected chi connectivity index (χ3v) is 4.98. The van der Waals surface area contributed by atoms with Gasteiger partial charge in [0.25, 0.3) is 0 Å². The first-order chi connectivity index (χ1) is 13.1. The van der Waals surface area contributed by atoms with Gasteiger partial charge in [-0.1, -0.05) is 28.1 Å². The molecule has 136 valence electrons. The number of nitrogens with zero attached hydrogens (tertiary/aromatic N) is 2. The van der Waals surface area contributed by atoms with E-state index in [0.717, 1.165) is 15.0 Å². The van der Waals surface area contributed by atoms with Crippen molar-refractivity contribution in [1.29, 1.82) is 5.26 Å². The summed E-state index contributed by atoms with van der Waals surface area (Å²) in [6.45, 7) is 2.23. The molecule has 1 aromatic heterocycles. The highest BCUT2D eigenvalue weighted by Crippen LogP contribution is 2.29. The third kappa shape index (κ3) is 4.94. The highest BCUT2D eigenvalue weighted by atomic mass is 79.9. The molecule has 0 radical (unpaired) electrons. The summed E-state index contributed by atoms with van der Waals surface area (Å²) in [5.74, 6) is 0.230. The molecule has 0 aliphatic rings. The van der Waals surface area contributed by atoms with Crippen molar-refractivity contribution in [3.63, 3.8) is 0 Å². The molecule has 1 heterocycles. The first-order valence-electron chi connectivity index (χ1n) is 8.17. The molecule has 0 aliphatic heterocycles. The van der Waals surface area contributed by atoms with Gasteiger partial charge in [0.05, 0.1) is 30.4 Å². The number of nitriles is 1. The lowest BCUT2D eigenvalue weighted by Gasteiger charge is -2.10. The van der Waals surface area contributed by atoms with Gasteiger partial charge in [0.2, 0.25) is 0 Å². The van der Waals surface area contributed by atoms with Gasteiger partial charge in [-0.2, -0.15) is 5.26 Å². The number of hydrogen-bond donors (Lipinski definition) is 0. The molecule has 0 atom stereocenters. The van der Waals surface area contributed by atoms with Crippen molar-refractivity contribution in [2.45, 2.75) is 13.3 Å². The molecule has 0 amide bonds. The van der Waals surface area contributed by atoms with Crippen LogP contribution in [0.2, 0.25) is 0 Å². The first kappa shape index (κ1) is 19.1. The summed E-state index contributed by atoms with van der Waals surface area (Å²) < 4.78 is 11.8. The average Bonchev–Trinajstić information content (AvgIpc) is 3.11. The summed E-state index contributed by atoms with van der Waals surface area (Å²) in [5, 5.41) is 11.7. The number of carbonyl (C=O) groups excluding carboxylic acids is 1. The molecule has 0 N–H and O–H groups in total. The van der Waals surface area contributed by atoms with Gasteiger partial charge in [0.15, 0.2) is 11.5 Å². The van der Waals surface area contributed by atoms with E-state index in [4.69, 9.17) is 14.7 Å². The Labute approximate surface area is 169 Å². The van der Waals surface area contributed by atoms with E-state index >= 15 is 0 Å². The summed E-state index contributed by atoms with van der Waals surface area (Å²) in [4.78, 5) is 16.8. The van der Waals surface area contributed by atoms with Crippen LogP contribution in [0.3, 0.4) is 0 Å². The number of halogens is 1. The quantitative estimate of drug-likeness (QED) is 0.397. The van der Waals surface area contributed by atoms with Crippen LogP contribution in [0, 0.1) is 11.3 Å². The zero-order chi connectivity index (χ0) is 19.2. The maximum absolute atomic E-state index is 12.3. The Hall–Kier alpha value is -2.69. The van der Waals surface area contributed by atoms with Crippen molar-refractivity contribution in [1.82, 2.24) is 4.98 Å². The van der Waals surface area contributed by atoms with Crippen molar-refractivity contribution in [2.75, 3.05) is 6.61 Å². The fraction of sp³-hybridized carbons (Fsp3) is 0.150. The number of carbonyl (C=O) groups is 1. The number of benzene rings is 2. The molecular weight excluding hydrogens is 428 g/mol. The standard InChI is InChI=1S/C20H15BrN2O3S/c1-2-25-18-8-13(11-22)6-7-17(18)26-19(24)10-16-12-27-20(23-16)14-4-3-5-15(21)9-14/h3-9,12H,2,10H2,1H3. The van der Waals surface area contributed by atoms with Gasteiger partial charge in [-0.25, -0.2) is 4.98 Å². The van der Waals surface area contributed by atoms with Crippen LogP contribution in [-0.2, 0) is 11.2 Å². The maximum Gasteiger partial charge on any atom is 0.317 e. The predicted molar refractivity (Wildman–Crippen MR) is 107 cm³/mol. The summed E-state index contributed by atoms with van der Waals surface area (Å²) >= 11 is 4.92. The molecule has 3 rings (SSSR count). The zero-order valence-corrected chi connectivity index (χ0v) is 16.8. The van der Waals surface area contributed by atoms with E-state index in [1.165, 1.54) is 11.3 Å². The van der Waals surface area contributed by atoms with Gasteiger partial charge in [-0.15, -0.1) is 11.3 Å². The van der Waals surface area contributed by atoms with E-state index in [-0.39, 0.29) is 6.42 Å². The molecule has 5 nitrogen and oxygen atoms in total. The molecule has 3 aromatic rings. The minimum absolute atomic E-state index is 0.0517. The highest BCUT2D eigenvalue weighted by Gasteiger charge is 2.14. The summed E-state index contributed by atoms with van der Waals surface area (Å²) in [7, 11) is 0. The second-order valence-electron chi connectivity index (χ2n) is 5.51. The van der Waals surface area contributed by atoms with Gasteiger partial charge in [0.1, 0.15) is 5.01 Å². The summed E-state index contributed by atoms with van der Waals surface area (Å²) in [6.07, 6.45) is 0.0517. The van der Waals surface area contributed by atoms with Gasteiger partial charge in [-0.3, -0.25) is 4.79 Å². The van der Waals surface area contributed by atoms with E-state index in [1.807, 2.05) is 42.6 Å². The lowest BCUT2D eigenvalue weighted by molar-refractivity contribution is -0.133. The minimum atomic E-state index is -0.438. The van der Waals surface area contributed by atoms with Gasteiger partial charge in [-0.05, 0) is 31.2 Å². The average molecular weight is 443 g/mol. The lowest BCUT2D eigenvalue weighted by atomic mass is 10.2. The molecule has 2 aromatic carbocycles. The van der Waals surface area contributed by atoms with Crippen molar-refractivity contribution in [2.24, 2.45) is 0 Å². The van der Waals surface area contributed by atoms with Crippen molar-refractivity contribution < 1.29 is 14.3 Å². The number of thiazole rings is 1. The SMILES string of the molecule is CCOc1cc(C#N)ccc1OC(=O)Cc1csc(-c2cccc(Br)c2)n1. The Morgan fingerprint density at radius 3 is 2.85 bits per heavy atom. The molecule has 0 unspecified atom stereocenters. The smallest absolute Gasteiger partial charge is 0.317 e. The highest BCUT2D eigenvalue weighted by molar-refractivity contribution is 9.10. The Morgan fingerprint density at radius 1 is 1.26 bits per heavy atom. The summed E-state index contributed by atoms with van der Waals surface area (Å²) in [6, 6.07) is 14.6. The molecule has 7 heteroatoms. The Balaban J connectivity index is 1.71. The van der Waals surface area contributed by atoms with Gasteiger partial charge < -0.3 is 9.47 Å². The topological polar surface area (TPSA) is 72.2 Å². The van der Waals surface area contributed by atoms with Gasteiger partial charge in [0, 0.05) is 21.5 Å². The molecule has 0 bridgehead atoms. The third-order valence-electron chi connectivity index (χ3n) is 3.55. The Morgan fingerprint density at radius 2 is 2.11 bits per heavy atom. The van der Waals surface area contributed by atoms with Crippen LogP contribution in [0.4, 0.5) is 0 Å². The van der Waals surface area contributed by atoms with E-state index in [9.17, 15) is 4.79 Å². The van der Waals surface area contributed by atoms with Crippen molar-refractivity contribution in [3.05, 3.63) is 63.6 Å². The summed E-state index contributed by atoms with van der Waals surface area (Å²) in [5.41, 5.74) is 2.07. The van der Waals surface area contributed by atoms with Crippen LogP contribution in [-0.4, -0.2) is 17.6 Å². The number of esters is 1. The van der Waals surface area contributed by atoms with Crippen molar-refractivity contribution in [3.8, 4) is 28.1 Å². The van der Waals surface area contributed by atoms with Crippen LogP contribution in [0.25, 0.3) is 10.6 Å². The normalized spacial score (nSPS) is 10.3. The van der Waals surface area contributed by atoms with Crippen LogP contribution < -0.4 is 9.47 Å². The molecular formula is C20H15BrN2O3S. The zero-order valence-electron chi connectivity index (χ0n) is 14.4. The predicted octanol–water partition coefficient (Wildman–Crippen LogP) is 4.99. The van der Waals surface area contributed by atoms with Crippen LogP contribution in [0.1, 0.15) is 18.2 Å². The number of aromatic nitrogens is 1. The van der Waals surface area contributed by atoms with E-state index in [0.29, 0.717) is 29.4 Å². The molecule has 0 fully saturated rings. The van der Waals surface area contributed by atoms with Crippen molar-refractivity contribution >= 4 is 33.2 Å². The molecule has 0 saturated carbocycles. The number of ether oxygens (including phenoxy) is 2. The Bertz CT molecular complexity index is 1010. The monoisotopic (exact) mass is 442 g/mol.